The van der Waals surface area contributed by atoms with Crippen molar-refractivity contribution < 1.29 is 4.79 Å². The second kappa shape index (κ2) is 8.51. The van der Waals surface area contributed by atoms with Crippen LogP contribution >= 0.6 is 22.7 Å². The molecule has 8 heteroatoms. The zero-order valence-electron chi connectivity index (χ0n) is 16.3. The summed E-state index contributed by atoms with van der Waals surface area (Å²) in [4.78, 5) is 21.1. The molecule has 4 aromatic rings. The van der Waals surface area contributed by atoms with Crippen LogP contribution in [0.4, 0.5) is 0 Å². The Hall–Kier alpha value is -2.81. The van der Waals surface area contributed by atoms with E-state index in [0.717, 1.165) is 36.6 Å². The van der Waals surface area contributed by atoms with E-state index < -0.39 is 0 Å². The molecule has 0 saturated carbocycles. The predicted molar refractivity (Wildman–Crippen MR) is 119 cm³/mol. The molecule has 0 radical (unpaired) electrons. The van der Waals surface area contributed by atoms with Gasteiger partial charge in [-0.05, 0) is 46.3 Å². The molecule has 4 aromatic heterocycles. The number of nitrogens with zero attached hydrogens (tertiary/aromatic N) is 4. The minimum atomic E-state index is -0.0809. The van der Waals surface area contributed by atoms with E-state index in [9.17, 15) is 4.79 Å². The molecule has 0 aliphatic carbocycles. The van der Waals surface area contributed by atoms with Crippen LogP contribution in [0.3, 0.4) is 0 Å². The monoisotopic (exact) mass is 435 g/mol. The van der Waals surface area contributed by atoms with E-state index in [-0.39, 0.29) is 5.91 Å². The van der Waals surface area contributed by atoms with Crippen molar-refractivity contribution in [3.63, 3.8) is 0 Å². The molecule has 5 rings (SSSR count). The molecule has 1 N–H and O–H groups in total. The van der Waals surface area contributed by atoms with E-state index in [4.69, 9.17) is 0 Å². The molecule has 5 heterocycles. The van der Waals surface area contributed by atoms with Crippen LogP contribution in [-0.2, 0) is 26.1 Å². The van der Waals surface area contributed by atoms with Gasteiger partial charge in [0.1, 0.15) is 0 Å². The lowest BCUT2D eigenvalue weighted by molar-refractivity contribution is 0.0952. The van der Waals surface area contributed by atoms with Gasteiger partial charge in [-0.2, -0.15) is 16.4 Å². The lowest BCUT2D eigenvalue weighted by Gasteiger charge is -2.20. The SMILES string of the molecule is O=C(NCCc1cccs1)c1cnn2c1CN(Cc1ccsc1)Cc1cccnc1-2. The third kappa shape index (κ3) is 3.94. The highest BCUT2D eigenvalue weighted by Crippen LogP contribution is 2.26. The average Bonchev–Trinajstić information content (AvgIpc) is 3.50. The van der Waals surface area contributed by atoms with Gasteiger partial charge >= 0.3 is 0 Å². The Morgan fingerprint density at radius 1 is 1.17 bits per heavy atom. The molecule has 1 aliphatic rings. The highest BCUT2D eigenvalue weighted by molar-refractivity contribution is 7.09. The fraction of sp³-hybridized carbons (Fsp3) is 0.227. The van der Waals surface area contributed by atoms with Crippen molar-refractivity contribution in [2.24, 2.45) is 0 Å². The molecule has 152 valence electrons. The number of hydrogen-bond acceptors (Lipinski definition) is 6. The quantitative estimate of drug-likeness (QED) is 0.499. The second-order valence-electron chi connectivity index (χ2n) is 7.26. The Morgan fingerprint density at radius 2 is 2.13 bits per heavy atom. The van der Waals surface area contributed by atoms with Gasteiger partial charge in [-0.15, -0.1) is 11.3 Å². The molecular weight excluding hydrogens is 414 g/mol. The van der Waals surface area contributed by atoms with Crippen molar-refractivity contribution in [3.05, 3.63) is 86.1 Å². The van der Waals surface area contributed by atoms with E-state index in [1.165, 1.54) is 10.4 Å². The zero-order chi connectivity index (χ0) is 20.3. The number of pyridine rings is 1. The number of amides is 1. The maximum Gasteiger partial charge on any atom is 0.254 e. The average molecular weight is 436 g/mol. The lowest BCUT2D eigenvalue weighted by atomic mass is 10.2. The Morgan fingerprint density at radius 3 is 2.97 bits per heavy atom. The van der Waals surface area contributed by atoms with Crippen LogP contribution in [0, 0.1) is 0 Å². The van der Waals surface area contributed by atoms with Crippen LogP contribution < -0.4 is 5.32 Å². The summed E-state index contributed by atoms with van der Waals surface area (Å²) in [6.45, 7) is 2.83. The standard InChI is InChI=1S/C22H21N5OS2/c28-22(24-8-5-18-4-2-9-30-18)19-11-25-27-20(19)14-26(12-16-6-10-29-15-16)13-17-3-1-7-23-21(17)27/h1-4,6-7,9-11,15H,5,8,12-14H2,(H,24,28). The molecule has 0 bridgehead atoms. The van der Waals surface area contributed by atoms with Gasteiger partial charge in [0.05, 0.1) is 17.5 Å². The topological polar surface area (TPSA) is 63.1 Å². The number of rotatable bonds is 6. The van der Waals surface area contributed by atoms with Crippen molar-refractivity contribution in [3.8, 4) is 5.82 Å². The number of carbonyl (C=O) groups is 1. The molecule has 1 amide bonds. The summed E-state index contributed by atoms with van der Waals surface area (Å²) in [7, 11) is 0. The van der Waals surface area contributed by atoms with Crippen molar-refractivity contribution in [2.45, 2.75) is 26.1 Å². The van der Waals surface area contributed by atoms with Gasteiger partial charge in [0, 0.05) is 42.8 Å². The van der Waals surface area contributed by atoms with Crippen LogP contribution in [0.15, 0.2) is 58.9 Å². The molecular formula is C22H21N5OS2. The summed E-state index contributed by atoms with van der Waals surface area (Å²) in [6.07, 6.45) is 4.28. The van der Waals surface area contributed by atoms with Gasteiger partial charge in [-0.3, -0.25) is 9.69 Å². The summed E-state index contributed by atoms with van der Waals surface area (Å²) >= 11 is 3.41. The zero-order valence-corrected chi connectivity index (χ0v) is 18.0. The first kappa shape index (κ1) is 19.2. The van der Waals surface area contributed by atoms with Crippen molar-refractivity contribution >= 4 is 28.6 Å². The first-order chi connectivity index (χ1) is 14.8. The normalized spacial score (nSPS) is 13.5. The predicted octanol–water partition coefficient (Wildman–Crippen LogP) is 3.88. The third-order valence-corrected chi connectivity index (χ3v) is 6.84. The van der Waals surface area contributed by atoms with Crippen LogP contribution in [0.2, 0.25) is 0 Å². The Kier molecular flexibility index (Phi) is 5.44. The first-order valence-corrected chi connectivity index (χ1v) is 11.7. The highest BCUT2D eigenvalue weighted by atomic mass is 32.1. The molecule has 0 saturated heterocycles. The van der Waals surface area contributed by atoms with Gasteiger partial charge in [0.2, 0.25) is 0 Å². The Bertz CT molecular complexity index is 1130. The number of aromatic nitrogens is 3. The van der Waals surface area contributed by atoms with Gasteiger partial charge in [0.25, 0.3) is 5.91 Å². The van der Waals surface area contributed by atoms with Crippen LogP contribution in [0.25, 0.3) is 5.82 Å². The number of thiophene rings is 2. The van der Waals surface area contributed by atoms with E-state index in [1.807, 2.05) is 16.8 Å². The Balaban J connectivity index is 1.41. The third-order valence-electron chi connectivity index (χ3n) is 5.17. The smallest absolute Gasteiger partial charge is 0.254 e. The minimum Gasteiger partial charge on any atom is -0.352 e. The second-order valence-corrected chi connectivity index (χ2v) is 9.08. The largest absolute Gasteiger partial charge is 0.352 e. The maximum atomic E-state index is 13.0. The van der Waals surface area contributed by atoms with Crippen LogP contribution in [-0.4, -0.2) is 32.1 Å². The van der Waals surface area contributed by atoms with E-state index in [0.29, 0.717) is 18.7 Å². The van der Waals surface area contributed by atoms with E-state index in [2.05, 4.69) is 54.6 Å². The minimum absolute atomic E-state index is 0.0809. The molecule has 30 heavy (non-hydrogen) atoms. The van der Waals surface area contributed by atoms with Gasteiger partial charge in [-0.25, -0.2) is 9.67 Å². The first-order valence-electron chi connectivity index (χ1n) is 9.83. The Labute approximate surface area is 182 Å². The number of nitrogens with one attached hydrogen (secondary N) is 1. The molecule has 0 fully saturated rings. The van der Waals surface area contributed by atoms with Gasteiger partial charge in [-0.1, -0.05) is 12.1 Å². The van der Waals surface area contributed by atoms with Crippen molar-refractivity contribution in [1.29, 1.82) is 0 Å². The summed E-state index contributed by atoms with van der Waals surface area (Å²) < 4.78 is 1.83. The molecule has 0 spiro atoms. The molecule has 0 aromatic carbocycles. The molecule has 6 nitrogen and oxygen atoms in total. The number of hydrogen-bond donors (Lipinski definition) is 1. The van der Waals surface area contributed by atoms with Gasteiger partial charge < -0.3 is 5.32 Å². The molecule has 0 atom stereocenters. The summed E-state index contributed by atoms with van der Waals surface area (Å²) in [6, 6.07) is 10.3. The fourth-order valence-electron chi connectivity index (χ4n) is 3.75. The fourth-order valence-corrected chi connectivity index (χ4v) is 5.12. The maximum absolute atomic E-state index is 13.0. The van der Waals surface area contributed by atoms with E-state index >= 15 is 0 Å². The van der Waals surface area contributed by atoms with Crippen molar-refractivity contribution in [1.82, 2.24) is 25.0 Å². The van der Waals surface area contributed by atoms with Gasteiger partial charge in [0.15, 0.2) is 5.82 Å². The highest BCUT2D eigenvalue weighted by Gasteiger charge is 2.26. The van der Waals surface area contributed by atoms with Crippen LogP contribution in [0.1, 0.15) is 32.1 Å². The van der Waals surface area contributed by atoms with Crippen LogP contribution in [0.5, 0.6) is 0 Å². The number of fused-ring (bicyclic) bond motifs is 3. The number of carbonyl (C=O) groups excluding carboxylic acids is 1. The summed E-state index contributed by atoms with van der Waals surface area (Å²) in [5, 5.41) is 13.9. The van der Waals surface area contributed by atoms with E-state index in [1.54, 1.807) is 35.1 Å². The molecule has 0 unspecified atom stereocenters. The lowest BCUT2D eigenvalue weighted by Crippen LogP contribution is -2.28. The summed E-state index contributed by atoms with van der Waals surface area (Å²) in [5.74, 6) is 0.723. The van der Waals surface area contributed by atoms with Crippen molar-refractivity contribution in [2.75, 3.05) is 6.54 Å². The summed E-state index contributed by atoms with van der Waals surface area (Å²) in [5.41, 5.74) is 3.89. The molecule has 1 aliphatic heterocycles.